The van der Waals surface area contributed by atoms with Crippen LogP contribution < -0.4 is 42.4 Å². The van der Waals surface area contributed by atoms with Crippen LogP contribution in [0.15, 0.2) is 124 Å². The fourth-order valence-electron chi connectivity index (χ4n) is 13.1. The number of sulfone groups is 1. The monoisotopic (exact) mass is 1730 g/mol. The minimum atomic E-state index is -3.84. The summed E-state index contributed by atoms with van der Waals surface area (Å²) in [6.07, 6.45) is 0.298. The number of amides is 6. The maximum atomic E-state index is 13.4. The van der Waals surface area contributed by atoms with Crippen LogP contribution in [0.3, 0.4) is 0 Å². The number of urea groups is 3. The molecule has 3 heterocycles. The summed E-state index contributed by atoms with van der Waals surface area (Å²) < 4.78 is 111. The molecule has 6 aromatic carbocycles. The van der Waals surface area contributed by atoms with E-state index < -0.39 is 43.0 Å². The highest BCUT2D eigenvalue weighted by Gasteiger charge is 2.32. The van der Waals surface area contributed by atoms with Crippen LogP contribution in [0.5, 0.6) is 0 Å². The second-order valence-corrected chi connectivity index (χ2v) is 34.3. The van der Waals surface area contributed by atoms with Crippen molar-refractivity contribution in [3.63, 3.8) is 0 Å². The van der Waals surface area contributed by atoms with Gasteiger partial charge in [-0.05, 0) is 162 Å². The predicted molar refractivity (Wildman–Crippen MR) is 437 cm³/mol. The van der Waals surface area contributed by atoms with Crippen molar-refractivity contribution in [2.45, 2.75) is 58.5 Å². The SMILES string of the molecule is CN1Cc2c(Cl)cc(Cl)cc2[C@H](c2cccc(S(=O)(=O)CCCOCCOCCNC(=O)NCCN(CCNC(=O)NCCOCCOCCN)CCNC(=O)NCCOCCOCCNS(=O)(=O)c3cccc([C@@H]4CN(C)Cc5c(Cl)cc(Cl)cc54)c3)c2)C1.CN1Cc2c(Cl)cc(Cl)cc2[C@H](c2cccc(S(=O)[O-])c2)C1. The van der Waals surface area contributed by atoms with Gasteiger partial charge in [0, 0.05) is 171 Å². The van der Waals surface area contributed by atoms with Crippen LogP contribution in [0.1, 0.15) is 74.2 Å². The second kappa shape index (κ2) is 47.6. The number of nitrogens with two attached hydrogens (primary N) is 1. The van der Waals surface area contributed by atoms with E-state index >= 15 is 0 Å². The minimum absolute atomic E-state index is 0.0494. The summed E-state index contributed by atoms with van der Waals surface area (Å²) in [4.78, 5) is 46.8. The molecule has 9 N–H and O–H groups in total. The van der Waals surface area contributed by atoms with Crippen LogP contribution in [0.25, 0.3) is 0 Å². The predicted octanol–water partition coefficient (Wildman–Crippen LogP) is 8.66. The second-order valence-electron chi connectivity index (χ2n) is 27.0. The third-order valence-corrected chi connectivity index (χ3v) is 24.0. The van der Waals surface area contributed by atoms with E-state index in [-0.39, 0.29) is 131 Å². The Balaban J connectivity index is 0.000000606. The van der Waals surface area contributed by atoms with Gasteiger partial charge in [-0.15, -0.1) is 0 Å². The molecule has 0 saturated carbocycles. The lowest BCUT2D eigenvalue weighted by atomic mass is 9.85. The van der Waals surface area contributed by atoms with Gasteiger partial charge in [0.15, 0.2) is 9.84 Å². The first-order valence-corrected chi connectivity index (χ1v) is 43.3. The standard InChI is InChI=1S/C60H87Cl4N11O13S2.C16H15Cl2NO2S/c1-73-40-52(50-36-46(61)38-56(63)54(50)42-73)44-6-3-8-48(34-44)89(79,80)33-5-21-83-27-29-85-23-14-69-58(76)66-11-18-75(19-12-67-59(77)70-15-24-86-30-28-84-22-10-65)20-13-68-60(78)71-16-25-87-31-32-88-26-17-72-90(81,82)49-9-4-7-45(35-49)53-41-74(2)43-55-51(53)37-47(62)39-57(55)64;1-19-8-14(10-3-2-4-12(5-10)22(20)21)13-6-11(17)7-16(18)15(13)9-19/h3-4,6-9,34-39,52-53,72H,5,10-33,40-43,65H2,1-2H3,(H2,66,69,76)(H2,67,70,77)(H2,68,71,78);2-7,14H,8-9H2,1H3,(H,20,21)/p-1/t52-,53-;14-/m00/s1. The first-order valence-electron chi connectivity index (χ1n) is 36.8. The molecule has 3 aliphatic heterocycles. The average molecular weight is 1730 g/mol. The molecule has 4 atom stereocenters. The summed E-state index contributed by atoms with van der Waals surface area (Å²) in [6.45, 7) is 10.7. The van der Waals surface area contributed by atoms with E-state index in [4.69, 9.17) is 104 Å². The fourth-order valence-corrected chi connectivity index (χ4v) is 17.6. The van der Waals surface area contributed by atoms with Crippen molar-refractivity contribution in [2.24, 2.45) is 5.73 Å². The maximum Gasteiger partial charge on any atom is 0.314 e. The lowest BCUT2D eigenvalue weighted by Crippen LogP contribution is -2.47. The quantitative estimate of drug-likeness (QED) is 0.0131. The van der Waals surface area contributed by atoms with E-state index in [0.29, 0.717) is 127 Å². The summed E-state index contributed by atoms with van der Waals surface area (Å²) in [6, 6.07) is 30.7. The number of carbonyl (C=O) groups excluding carboxylic acids is 3. The van der Waals surface area contributed by atoms with Crippen molar-refractivity contribution in [1.29, 1.82) is 0 Å². The van der Waals surface area contributed by atoms with Gasteiger partial charge in [0.05, 0.1) is 88.2 Å². The van der Waals surface area contributed by atoms with Crippen molar-refractivity contribution in [2.75, 3.05) is 198 Å². The number of hydrogen-bond donors (Lipinski definition) is 8. The van der Waals surface area contributed by atoms with E-state index in [1.807, 2.05) is 62.4 Å². The summed E-state index contributed by atoms with van der Waals surface area (Å²) in [5, 5.41) is 20.2. The van der Waals surface area contributed by atoms with Crippen LogP contribution >= 0.6 is 69.6 Å². The normalized spacial score (nSPS) is 16.2. The van der Waals surface area contributed by atoms with E-state index in [0.717, 1.165) is 63.2 Å². The van der Waals surface area contributed by atoms with E-state index in [2.05, 4.69) is 51.3 Å². The van der Waals surface area contributed by atoms with Gasteiger partial charge in [-0.1, -0.05) is 106 Å². The van der Waals surface area contributed by atoms with Crippen molar-refractivity contribution in [3.05, 3.63) is 189 Å². The Bertz CT molecular complexity index is 4120. The molecule has 3 aliphatic rings. The number of sulfonamides is 1. The minimum Gasteiger partial charge on any atom is -0.768 e. The number of hydrogen-bond acceptors (Lipinski definition) is 20. The van der Waals surface area contributed by atoms with Gasteiger partial charge in [-0.3, -0.25) is 9.11 Å². The Morgan fingerprint density at radius 3 is 1.21 bits per heavy atom. The summed E-state index contributed by atoms with van der Waals surface area (Å²) >= 11 is 36.1. The lowest BCUT2D eigenvalue weighted by molar-refractivity contribution is 0.0498. The summed E-state index contributed by atoms with van der Waals surface area (Å²) in [7, 11) is -1.40. The van der Waals surface area contributed by atoms with E-state index in [9.17, 15) is 40.0 Å². The van der Waals surface area contributed by atoms with Gasteiger partial charge >= 0.3 is 18.1 Å². The molecular formula is C76H101Cl6N12O15S3-. The molecular weight excluding hydrogens is 1630 g/mol. The average Bonchev–Trinajstić information content (AvgIpc) is 0.780. The topological polar surface area (TPSA) is 338 Å². The molecule has 0 aromatic heterocycles. The Morgan fingerprint density at radius 2 is 0.812 bits per heavy atom. The van der Waals surface area contributed by atoms with E-state index in [1.54, 1.807) is 72.8 Å². The number of carbonyl (C=O) groups is 3. The number of benzene rings is 6. The Kier molecular flexibility index (Phi) is 39.0. The van der Waals surface area contributed by atoms with Crippen LogP contribution in [0.2, 0.25) is 30.1 Å². The molecule has 0 bridgehead atoms. The molecule has 36 heteroatoms. The van der Waals surface area contributed by atoms with Gasteiger partial charge in [0.2, 0.25) is 10.0 Å². The van der Waals surface area contributed by atoms with Crippen LogP contribution in [-0.2, 0) is 79.0 Å². The van der Waals surface area contributed by atoms with Crippen molar-refractivity contribution < 1.29 is 68.4 Å². The number of rotatable bonds is 43. The molecule has 6 aromatic rings. The molecule has 616 valence electrons. The number of fused-ring (bicyclic) bond motifs is 3. The van der Waals surface area contributed by atoms with Crippen molar-refractivity contribution in [1.82, 2.24) is 56.2 Å². The van der Waals surface area contributed by atoms with Gasteiger partial charge in [-0.2, -0.15) is 0 Å². The van der Waals surface area contributed by atoms with Crippen LogP contribution in [-0.4, -0.2) is 261 Å². The first-order chi connectivity index (χ1) is 53.8. The molecule has 0 radical (unpaired) electrons. The highest BCUT2D eigenvalue weighted by Crippen LogP contribution is 2.42. The Morgan fingerprint density at radius 1 is 0.464 bits per heavy atom. The first kappa shape index (κ1) is 91.9. The highest BCUT2D eigenvalue weighted by atomic mass is 35.5. The lowest BCUT2D eigenvalue weighted by Gasteiger charge is -2.33. The number of halogens is 6. The van der Waals surface area contributed by atoms with Gasteiger partial charge in [0.1, 0.15) is 0 Å². The zero-order valence-corrected chi connectivity index (χ0v) is 70.0. The van der Waals surface area contributed by atoms with Crippen molar-refractivity contribution >= 4 is 119 Å². The summed E-state index contributed by atoms with van der Waals surface area (Å²) in [5.74, 6) is -0.239. The molecule has 0 saturated heterocycles. The molecule has 0 fully saturated rings. The number of ether oxygens (including phenoxy) is 6. The molecule has 112 heavy (non-hydrogen) atoms. The smallest absolute Gasteiger partial charge is 0.314 e. The van der Waals surface area contributed by atoms with E-state index in [1.165, 1.54) is 0 Å². The highest BCUT2D eigenvalue weighted by molar-refractivity contribution is 7.91. The van der Waals surface area contributed by atoms with Gasteiger partial charge in [-0.25, -0.2) is 35.9 Å². The zero-order valence-electron chi connectivity index (χ0n) is 63.0. The molecule has 0 spiro atoms. The molecule has 9 rings (SSSR count). The fraction of sp³-hybridized carbons (Fsp3) is 0.487. The van der Waals surface area contributed by atoms with Gasteiger partial charge < -0.3 is 85.3 Å². The third-order valence-electron chi connectivity index (χ3n) is 18.5. The van der Waals surface area contributed by atoms with Crippen molar-refractivity contribution in [3.8, 4) is 0 Å². The molecule has 0 aliphatic carbocycles. The van der Waals surface area contributed by atoms with Crippen LogP contribution in [0.4, 0.5) is 14.4 Å². The van der Waals surface area contributed by atoms with Gasteiger partial charge in [0.25, 0.3) is 0 Å². The molecule has 27 nitrogen and oxygen atoms in total. The summed E-state index contributed by atoms with van der Waals surface area (Å²) in [5.41, 5.74) is 14.2. The molecule has 6 amide bonds. The zero-order chi connectivity index (χ0) is 80.6. The Hall–Kier alpha value is -5.60. The Labute approximate surface area is 689 Å². The maximum absolute atomic E-state index is 13.4. The van der Waals surface area contributed by atoms with Crippen LogP contribution in [0, 0.1) is 0 Å². The number of nitrogens with one attached hydrogen (secondary N) is 7. The molecule has 1 unspecified atom stereocenters. The largest absolute Gasteiger partial charge is 0.768 e. The third kappa shape index (κ3) is 30.2. The number of likely N-dealkylation sites (N-methyl/N-ethyl adjacent to an activating group) is 3. The number of nitrogens with zero attached hydrogens (tertiary/aromatic N) is 4.